The lowest BCUT2D eigenvalue weighted by Gasteiger charge is -2.12. The van der Waals surface area contributed by atoms with Gasteiger partial charge in [-0.2, -0.15) is 5.26 Å². The van der Waals surface area contributed by atoms with Crippen molar-refractivity contribution >= 4 is 17.7 Å². The third-order valence-corrected chi connectivity index (χ3v) is 3.85. The fourth-order valence-corrected chi connectivity index (χ4v) is 2.77. The summed E-state index contributed by atoms with van der Waals surface area (Å²) in [6, 6.07) is 5.25. The van der Waals surface area contributed by atoms with Gasteiger partial charge in [0.15, 0.2) is 5.16 Å². The molecule has 1 aromatic heterocycles. The third-order valence-electron chi connectivity index (χ3n) is 3.00. The number of nitrogens with one attached hydrogen (secondary N) is 1. The topological polar surface area (TPSA) is 78.7 Å². The summed E-state index contributed by atoms with van der Waals surface area (Å²) in [5.74, 6) is -2.13. The van der Waals surface area contributed by atoms with E-state index >= 15 is 0 Å². The molecular formula is C16H14F2N4OS. The largest absolute Gasteiger partial charge is 0.336 e. The molecule has 1 amide bonds. The summed E-state index contributed by atoms with van der Waals surface area (Å²) in [7, 11) is 0. The van der Waals surface area contributed by atoms with Gasteiger partial charge in [0.2, 0.25) is 5.91 Å². The van der Waals surface area contributed by atoms with Crippen molar-refractivity contribution in [3.05, 3.63) is 52.9 Å². The molecule has 0 fully saturated rings. The molecule has 0 aliphatic heterocycles. The van der Waals surface area contributed by atoms with Crippen LogP contribution in [0.4, 0.5) is 8.78 Å². The van der Waals surface area contributed by atoms with Gasteiger partial charge in [-0.25, -0.2) is 18.7 Å². The Morgan fingerprint density at radius 3 is 2.54 bits per heavy atom. The van der Waals surface area contributed by atoms with E-state index in [2.05, 4.69) is 15.3 Å². The highest BCUT2D eigenvalue weighted by Crippen LogP contribution is 2.19. The molecule has 0 unspecified atom stereocenters. The molecule has 0 aliphatic carbocycles. The van der Waals surface area contributed by atoms with Crippen LogP contribution in [0, 0.1) is 36.8 Å². The minimum Gasteiger partial charge on any atom is -0.336 e. The summed E-state index contributed by atoms with van der Waals surface area (Å²) in [6.07, 6.45) is 0. The van der Waals surface area contributed by atoms with Crippen molar-refractivity contribution in [2.45, 2.75) is 25.0 Å². The summed E-state index contributed by atoms with van der Waals surface area (Å²) in [4.78, 5) is 20.4. The molecular weight excluding hydrogens is 334 g/mol. The number of thioether (sulfide) groups is 1. The molecule has 1 aromatic carbocycles. The predicted molar refractivity (Wildman–Crippen MR) is 85.1 cm³/mol. The number of benzene rings is 1. The molecule has 2 rings (SSSR count). The highest BCUT2D eigenvalue weighted by atomic mass is 32.2. The zero-order chi connectivity index (χ0) is 17.7. The fraction of sp³-hybridized carbons (Fsp3) is 0.250. The Balaban J connectivity index is 2.01. The van der Waals surface area contributed by atoms with E-state index in [4.69, 9.17) is 5.26 Å². The number of hydrogen-bond acceptors (Lipinski definition) is 5. The first-order chi connectivity index (χ1) is 11.4. The second kappa shape index (κ2) is 7.84. The second-order valence-electron chi connectivity index (χ2n) is 5.02. The van der Waals surface area contributed by atoms with E-state index in [1.54, 1.807) is 6.07 Å². The van der Waals surface area contributed by atoms with E-state index in [0.29, 0.717) is 11.2 Å². The van der Waals surface area contributed by atoms with Gasteiger partial charge >= 0.3 is 0 Å². The SMILES string of the molecule is Cc1cc(C)nc(SCC(=O)N[C@H](C#N)c2ccc(F)cc2F)n1. The van der Waals surface area contributed by atoms with Crippen LogP contribution in [0.2, 0.25) is 0 Å². The molecule has 1 atom stereocenters. The maximum Gasteiger partial charge on any atom is 0.231 e. The Labute approximate surface area is 142 Å². The van der Waals surface area contributed by atoms with Crippen LogP contribution in [0.15, 0.2) is 29.4 Å². The normalized spacial score (nSPS) is 11.6. The molecule has 5 nitrogen and oxygen atoms in total. The van der Waals surface area contributed by atoms with Gasteiger partial charge in [-0.3, -0.25) is 4.79 Å². The van der Waals surface area contributed by atoms with Gasteiger partial charge < -0.3 is 5.32 Å². The van der Waals surface area contributed by atoms with Gasteiger partial charge in [0.05, 0.1) is 11.8 Å². The zero-order valence-electron chi connectivity index (χ0n) is 13.0. The van der Waals surface area contributed by atoms with E-state index in [9.17, 15) is 13.6 Å². The van der Waals surface area contributed by atoms with Crippen molar-refractivity contribution in [2.24, 2.45) is 0 Å². The van der Waals surface area contributed by atoms with Crippen molar-refractivity contribution in [2.75, 3.05) is 5.75 Å². The van der Waals surface area contributed by atoms with Crippen LogP contribution in [0.3, 0.4) is 0 Å². The molecule has 0 aliphatic rings. The van der Waals surface area contributed by atoms with Crippen LogP contribution in [0.5, 0.6) is 0 Å². The van der Waals surface area contributed by atoms with E-state index in [1.807, 2.05) is 19.9 Å². The third kappa shape index (κ3) is 4.73. The fourth-order valence-electron chi connectivity index (χ4n) is 2.01. The first kappa shape index (κ1) is 17.8. The quantitative estimate of drug-likeness (QED) is 0.664. The van der Waals surface area contributed by atoms with Crippen LogP contribution in [0.1, 0.15) is 23.0 Å². The van der Waals surface area contributed by atoms with Crippen molar-refractivity contribution in [1.82, 2.24) is 15.3 Å². The maximum absolute atomic E-state index is 13.7. The Kier molecular flexibility index (Phi) is 5.82. The highest BCUT2D eigenvalue weighted by Gasteiger charge is 2.18. The van der Waals surface area contributed by atoms with Gasteiger partial charge in [-0.1, -0.05) is 17.8 Å². The minimum absolute atomic E-state index is 0.0239. The summed E-state index contributed by atoms with van der Waals surface area (Å²) >= 11 is 1.11. The van der Waals surface area contributed by atoms with Crippen LogP contribution < -0.4 is 5.32 Å². The number of carbonyl (C=O) groups is 1. The number of rotatable bonds is 5. The number of carbonyl (C=O) groups excluding carboxylic acids is 1. The Bertz CT molecular complexity index is 787. The van der Waals surface area contributed by atoms with Gasteiger partial charge in [0.25, 0.3) is 0 Å². The van der Waals surface area contributed by atoms with Gasteiger partial charge in [-0.05, 0) is 26.0 Å². The summed E-state index contributed by atoms with van der Waals surface area (Å²) in [5.41, 5.74) is 1.49. The molecule has 1 N–H and O–H groups in total. The second-order valence-corrected chi connectivity index (χ2v) is 5.96. The molecule has 0 radical (unpaired) electrons. The average Bonchev–Trinajstić information content (AvgIpc) is 2.50. The van der Waals surface area contributed by atoms with Crippen LogP contribution in [0.25, 0.3) is 0 Å². The molecule has 2 aromatic rings. The van der Waals surface area contributed by atoms with Gasteiger partial charge in [-0.15, -0.1) is 0 Å². The van der Waals surface area contributed by atoms with E-state index in [-0.39, 0.29) is 11.3 Å². The van der Waals surface area contributed by atoms with Crippen LogP contribution >= 0.6 is 11.8 Å². The van der Waals surface area contributed by atoms with Gasteiger partial charge in [0.1, 0.15) is 17.7 Å². The van der Waals surface area contributed by atoms with Crippen molar-refractivity contribution in [1.29, 1.82) is 5.26 Å². The lowest BCUT2D eigenvalue weighted by atomic mass is 10.1. The van der Waals surface area contributed by atoms with E-state index in [1.165, 1.54) is 0 Å². The van der Waals surface area contributed by atoms with Crippen LogP contribution in [-0.2, 0) is 4.79 Å². The number of aryl methyl sites for hydroxylation is 2. The van der Waals surface area contributed by atoms with Crippen molar-refractivity contribution in [3.8, 4) is 6.07 Å². The highest BCUT2D eigenvalue weighted by molar-refractivity contribution is 7.99. The molecule has 1 heterocycles. The molecule has 124 valence electrons. The van der Waals surface area contributed by atoms with Gasteiger partial charge in [0, 0.05) is 23.0 Å². The molecule has 0 saturated carbocycles. The predicted octanol–water partition coefficient (Wildman–Crippen LogP) is 2.84. The number of halogens is 2. The van der Waals surface area contributed by atoms with Crippen molar-refractivity contribution < 1.29 is 13.6 Å². The lowest BCUT2D eigenvalue weighted by Crippen LogP contribution is -2.29. The molecule has 0 spiro atoms. The molecule has 0 saturated heterocycles. The smallest absolute Gasteiger partial charge is 0.231 e. The molecule has 24 heavy (non-hydrogen) atoms. The minimum atomic E-state index is -1.20. The number of aromatic nitrogens is 2. The Morgan fingerprint density at radius 1 is 1.29 bits per heavy atom. The van der Waals surface area contributed by atoms with Crippen LogP contribution in [-0.4, -0.2) is 21.6 Å². The first-order valence-corrected chi connectivity index (χ1v) is 7.96. The Morgan fingerprint density at radius 2 is 1.96 bits per heavy atom. The maximum atomic E-state index is 13.7. The average molecular weight is 348 g/mol. The molecule has 0 bridgehead atoms. The number of nitrogens with zero attached hydrogens (tertiary/aromatic N) is 3. The van der Waals surface area contributed by atoms with E-state index in [0.717, 1.165) is 35.3 Å². The summed E-state index contributed by atoms with van der Waals surface area (Å²) in [5, 5.41) is 12.0. The van der Waals surface area contributed by atoms with E-state index < -0.39 is 23.6 Å². The number of nitriles is 1. The summed E-state index contributed by atoms with van der Waals surface area (Å²) in [6.45, 7) is 3.64. The number of hydrogen-bond donors (Lipinski definition) is 1. The monoisotopic (exact) mass is 348 g/mol. The Hall–Kier alpha value is -2.53. The van der Waals surface area contributed by atoms with Crippen molar-refractivity contribution in [3.63, 3.8) is 0 Å². The number of amides is 1. The standard InChI is InChI=1S/C16H14F2N4OS/c1-9-5-10(2)21-16(20-9)24-8-15(23)22-14(7-19)12-4-3-11(17)6-13(12)18/h3-6,14H,8H2,1-2H3,(H,22,23)/t14-/m1/s1. The lowest BCUT2D eigenvalue weighted by molar-refractivity contribution is -0.118. The zero-order valence-corrected chi connectivity index (χ0v) is 13.8. The first-order valence-electron chi connectivity index (χ1n) is 6.98. The molecule has 8 heteroatoms. The summed E-state index contributed by atoms with van der Waals surface area (Å²) < 4.78 is 26.6.